The Morgan fingerprint density at radius 1 is 1.14 bits per heavy atom. The van der Waals surface area contributed by atoms with Crippen molar-refractivity contribution in [3.63, 3.8) is 0 Å². The molecule has 2 aromatic carbocycles. The number of ether oxygens (including phenoxy) is 1. The van der Waals surface area contributed by atoms with E-state index in [-0.39, 0.29) is 11.9 Å². The summed E-state index contributed by atoms with van der Waals surface area (Å²) in [6.07, 6.45) is 0. The maximum atomic E-state index is 13.2. The number of hydrogen-bond acceptors (Lipinski definition) is 5. The molecule has 148 valence electrons. The number of aromatic nitrogens is 1. The number of nitrogens with zero attached hydrogens (tertiary/aromatic N) is 3. The molecule has 6 heteroatoms. The Morgan fingerprint density at radius 3 is 2.83 bits per heavy atom. The second-order valence-corrected chi connectivity index (χ2v) is 7.76. The average molecular weight is 389 g/mol. The zero-order valence-corrected chi connectivity index (χ0v) is 16.6. The van der Waals surface area contributed by atoms with Gasteiger partial charge in [-0.05, 0) is 43.7 Å². The Labute approximate surface area is 169 Å². The van der Waals surface area contributed by atoms with Crippen molar-refractivity contribution in [2.24, 2.45) is 0 Å². The number of para-hydroxylation sites is 1. The standard InChI is InChI=1S/C23H23N3O3/c1-15-6-5-7-17(12-15)26-11-10-25(13-16(26)2)23(27)21-19-14-28-20-9-4-3-8-18(20)22(19)29-24-21/h3-9,12,16H,10-11,13-14H2,1-2H3/t16-/m1/s1. The quantitative estimate of drug-likeness (QED) is 0.665. The molecular weight excluding hydrogens is 366 g/mol. The minimum atomic E-state index is -0.0891. The molecule has 6 nitrogen and oxygen atoms in total. The maximum absolute atomic E-state index is 13.2. The lowest BCUT2D eigenvalue weighted by molar-refractivity contribution is 0.0713. The predicted molar refractivity (Wildman–Crippen MR) is 110 cm³/mol. The van der Waals surface area contributed by atoms with E-state index in [2.05, 4.69) is 48.2 Å². The zero-order chi connectivity index (χ0) is 20.0. The lowest BCUT2D eigenvalue weighted by Crippen LogP contribution is -2.54. The highest BCUT2D eigenvalue weighted by atomic mass is 16.5. The van der Waals surface area contributed by atoms with Gasteiger partial charge in [-0.3, -0.25) is 4.79 Å². The molecule has 1 aromatic heterocycles. The highest BCUT2D eigenvalue weighted by Gasteiger charge is 2.33. The molecule has 1 saturated heterocycles. The number of benzene rings is 2. The van der Waals surface area contributed by atoms with Crippen molar-refractivity contribution in [1.82, 2.24) is 10.1 Å². The third-order valence-corrected chi connectivity index (χ3v) is 5.74. The summed E-state index contributed by atoms with van der Waals surface area (Å²) in [5.41, 5.74) is 4.39. The number of anilines is 1. The summed E-state index contributed by atoms with van der Waals surface area (Å²) in [5, 5.41) is 4.13. The van der Waals surface area contributed by atoms with Crippen LogP contribution in [0.1, 0.15) is 28.5 Å². The zero-order valence-electron chi connectivity index (χ0n) is 16.6. The number of carbonyl (C=O) groups excluding carboxylic acids is 1. The molecule has 3 heterocycles. The van der Waals surface area contributed by atoms with Crippen LogP contribution in [-0.2, 0) is 6.61 Å². The van der Waals surface area contributed by atoms with Crippen molar-refractivity contribution < 1.29 is 14.1 Å². The lowest BCUT2D eigenvalue weighted by atomic mass is 10.0. The van der Waals surface area contributed by atoms with Crippen LogP contribution in [-0.4, -0.2) is 41.6 Å². The molecule has 0 saturated carbocycles. The Bertz CT molecular complexity index is 1070. The minimum Gasteiger partial charge on any atom is -0.488 e. The van der Waals surface area contributed by atoms with Gasteiger partial charge in [0.1, 0.15) is 12.4 Å². The summed E-state index contributed by atoms with van der Waals surface area (Å²) in [7, 11) is 0. The first kappa shape index (κ1) is 17.8. The summed E-state index contributed by atoms with van der Waals surface area (Å²) in [6.45, 7) is 6.63. The van der Waals surface area contributed by atoms with Gasteiger partial charge >= 0.3 is 0 Å². The summed E-state index contributed by atoms with van der Waals surface area (Å²) in [5.74, 6) is 1.31. The molecule has 1 fully saturated rings. The molecule has 3 aromatic rings. The van der Waals surface area contributed by atoms with Crippen LogP contribution in [0.5, 0.6) is 5.75 Å². The molecule has 1 amide bonds. The summed E-state index contributed by atoms with van der Waals surface area (Å²) in [6, 6.07) is 16.4. The molecule has 0 radical (unpaired) electrons. The van der Waals surface area contributed by atoms with Gasteiger partial charge in [0, 0.05) is 31.4 Å². The fraction of sp³-hybridized carbons (Fsp3) is 0.304. The second kappa shape index (κ2) is 6.95. The molecular formula is C23H23N3O3. The number of hydrogen-bond donors (Lipinski definition) is 0. The van der Waals surface area contributed by atoms with Crippen molar-refractivity contribution in [1.29, 1.82) is 0 Å². The predicted octanol–water partition coefficient (Wildman–Crippen LogP) is 3.89. The SMILES string of the molecule is Cc1cccc(N2CCN(C(=O)c3noc4c3COc3ccccc3-4)C[C@H]2C)c1. The molecule has 2 aliphatic rings. The van der Waals surface area contributed by atoms with E-state index in [0.717, 1.165) is 23.4 Å². The van der Waals surface area contributed by atoms with Gasteiger partial charge in [0.2, 0.25) is 0 Å². The second-order valence-electron chi connectivity index (χ2n) is 7.76. The van der Waals surface area contributed by atoms with E-state index < -0.39 is 0 Å². The van der Waals surface area contributed by atoms with Crippen LogP contribution in [0.3, 0.4) is 0 Å². The fourth-order valence-corrected chi connectivity index (χ4v) is 4.23. The van der Waals surface area contributed by atoms with Gasteiger partial charge in [0.15, 0.2) is 11.5 Å². The number of amides is 1. The third kappa shape index (κ3) is 3.05. The topological polar surface area (TPSA) is 58.8 Å². The first-order valence-corrected chi connectivity index (χ1v) is 9.95. The van der Waals surface area contributed by atoms with Crippen LogP contribution in [0.2, 0.25) is 0 Å². The van der Waals surface area contributed by atoms with Crippen LogP contribution in [0.25, 0.3) is 11.3 Å². The number of aryl methyl sites for hydroxylation is 1. The molecule has 0 bridgehead atoms. The normalized spacial score (nSPS) is 18.1. The van der Waals surface area contributed by atoms with Crippen molar-refractivity contribution in [3.05, 3.63) is 65.4 Å². The number of fused-ring (bicyclic) bond motifs is 3. The van der Waals surface area contributed by atoms with Gasteiger partial charge in [0.25, 0.3) is 5.91 Å². The minimum absolute atomic E-state index is 0.0891. The molecule has 0 unspecified atom stereocenters. The number of carbonyl (C=O) groups is 1. The van der Waals surface area contributed by atoms with Crippen molar-refractivity contribution in [2.75, 3.05) is 24.5 Å². The summed E-state index contributed by atoms with van der Waals surface area (Å²) >= 11 is 0. The van der Waals surface area contributed by atoms with Crippen molar-refractivity contribution in [2.45, 2.75) is 26.5 Å². The van der Waals surface area contributed by atoms with E-state index in [0.29, 0.717) is 31.2 Å². The average Bonchev–Trinajstić information content (AvgIpc) is 3.18. The molecule has 29 heavy (non-hydrogen) atoms. The largest absolute Gasteiger partial charge is 0.488 e. The Kier molecular flexibility index (Phi) is 4.27. The van der Waals surface area contributed by atoms with Gasteiger partial charge < -0.3 is 19.1 Å². The fourth-order valence-electron chi connectivity index (χ4n) is 4.23. The number of rotatable bonds is 2. The van der Waals surface area contributed by atoms with E-state index in [9.17, 15) is 4.79 Å². The van der Waals surface area contributed by atoms with E-state index >= 15 is 0 Å². The first-order chi connectivity index (χ1) is 14.1. The molecule has 0 aliphatic carbocycles. The van der Waals surface area contributed by atoms with Crippen LogP contribution in [0.15, 0.2) is 53.1 Å². The summed E-state index contributed by atoms with van der Waals surface area (Å²) < 4.78 is 11.4. The first-order valence-electron chi connectivity index (χ1n) is 9.95. The maximum Gasteiger partial charge on any atom is 0.276 e. The highest BCUT2D eigenvalue weighted by molar-refractivity contribution is 5.96. The number of piperazine rings is 1. The van der Waals surface area contributed by atoms with Crippen LogP contribution < -0.4 is 9.64 Å². The van der Waals surface area contributed by atoms with E-state index in [1.807, 2.05) is 29.2 Å². The summed E-state index contributed by atoms with van der Waals surface area (Å²) in [4.78, 5) is 17.4. The van der Waals surface area contributed by atoms with Gasteiger partial charge in [-0.2, -0.15) is 0 Å². The van der Waals surface area contributed by atoms with Gasteiger partial charge in [-0.15, -0.1) is 0 Å². The molecule has 5 rings (SSSR count). The molecule has 0 spiro atoms. The van der Waals surface area contributed by atoms with E-state index in [1.165, 1.54) is 11.3 Å². The monoisotopic (exact) mass is 389 g/mol. The Morgan fingerprint density at radius 2 is 2.00 bits per heavy atom. The van der Waals surface area contributed by atoms with Gasteiger partial charge in [-0.1, -0.05) is 29.4 Å². The smallest absolute Gasteiger partial charge is 0.276 e. The lowest BCUT2D eigenvalue weighted by Gasteiger charge is -2.41. The Hall–Kier alpha value is -3.28. The Balaban J connectivity index is 1.36. The van der Waals surface area contributed by atoms with Gasteiger partial charge in [0.05, 0.1) is 11.1 Å². The van der Waals surface area contributed by atoms with Crippen LogP contribution >= 0.6 is 0 Å². The van der Waals surface area contributed by atoms with Gasteiger partial charge in [-0.25, -0.2) is 0 Å². The van der Waals surface area contributed by atoms with E-state index in [1.54, 1.807) is 0 Å². The van der Waals surface area contributed by atoms with Crippen LogP contribution in [0, 0.1) is 6.92 Å². The van der Waals surface area contributed by atoms with Crippen LogP contribution in [0.4, 0.5) is 5.69 Å². The van der Waals surface area contributed by atoms with E-state index in [4.69, 9.17) is 9.26 Å². The third-order valence-electron chi connectivity index (χ3n) is 5.74. The molecule has 0 N–H and O–H groups in total. The van der Waals surface area contributed by atoms with Crippen molar-refractivity contribution in [3.8, 4) is 17.1 Å². The molecule has 2 aliphatic heterocycles. The molecule has 1 atom stereocenters. The van der Waals surface area contributed by atoms with Crippen molar-refractivity contribution >= 4 is 11.6 Å². The highest BCUT2D eigenvalue weighted by Crippen LogP contribution is 2.39.